The summed E-state index contributed by atoms with van der Waals surface area (Å²) < 4.78 is 8.06. The minimum atomic E-state index is -0.139. The van der Waals surface area contributed by atoms with Gasteiger partial charge in [-0.25, -0.2) is 0 Å². The molecule has 7 nitrogen and oxygen atoms in total. The van der Waals surface area contributed by atoms with Gasteiger partial charge in [-0.05, 0) is 111 Å². The molecule has 0 spiro atoms. The molecule has 0 bridgehead atoms. The van der Waals surface area contributed by atoms with E-state index in [-0.39, 0.29) is 5.91 Å². The van der Waals surface area contributed by atoms with Crippen molar-refractivity contribution in [1.82, 2.24) is 25.1 Å². The zero-order valence-electron chi connectivity index (χ0n) is 29.5. The lowest BCUT2D eigenvalue weighted by Crippen LogP contribution is -2.24. The standard InChI is InChI=1S/C42H44ClN5O2/c1-25-20-33(21-26(2)39(25)43)50-19-9-14-35-34-12-8-13-36(38-27(3)47-48(5)28(38)4)40(34)46-41(35)42(49)45-24-29-15-18-37(44-23-29)32-17-16-30-10-6-7-11-31(30)22-32/h6-8,10-13,15,18,20-21,23,32,46H,9,14,16-17,19,22,24H2,1-5H3,(H,45,49). The van der Waals surface area contributed by atoms with Gasteiger partial charge < -0.3 is 15.0 Å². The summed E-state index contributed by atoms with van der Waals surface area (Å²) in [5, 5.41) is 9.65. The molecule has 1 amide bonds. The van der Waals surface area contributed by atoms with Gasteiger partial charge in [0.05, 0.1) is 17.8 Å². The van der Waals surface area contributed by atoms with Crippen LogP contribution in [0.15, 0.2) is 72.9 Å². The number of para-hydroxylation sites is 1. The van der Waals surface area contributed by atoms with Crippen LogP contribution in [0.3, 0.4) is 0 Å². The van der Waals surface area contributed by atoms with Crippen LogP contribution in [0.2, 0.25) is 5.02 Å². The number of nitrogens with zero attached hydrogens (tertiary/aromatic N) is 3. The van der Waals surface area contributed by atoms with Crippen molar-refractivity contribution in [2.75, 3.05) is 6.61 Å². The van der Waals surface area contributed by atoms with Gasteiger partial charge in [0, 0.05) is 58.6 Å². The first-order valence-corrected chi connectivity index (χ1v) is 17.9. The van der Waals surface area contributed by atoms with Crippen LogP contribution in [0.25, 0.3) is 22.0 Å². The van der Waals surface area contributed by atoms with E-state index in [9.17, 15) is 4.79 Å². The molecule has 0 aliphatic heterocycles. The first-order chi connectivity index (χ1) is 24.2. The molecule has 0 saturated heterocycles. The predicted octanol–water partition coefficient (Wildman–Crippen LogP) is 9.06. The lowest BCUT2D eigenvalue weighted by molar-refractivity contribution is 0.0945. The topological polar surface area (TPSA) is 84.8 Å². The van der Waals surface area contributed by atoms with E-state index in [1.165, 1.54) is 11.1 Å². The Morgan fingerprint density at radius 3 is 2.52 bits per heavy atom. The van der Waals surface area contributed by atoms with Gasteiger partial charge in [-0.1, -0.05) is 60.1 Å². The minimum absolute atomic E-state index is 0.139. The van der Waals surface area contributed by atoms with E-state index < -0.39 is 0 Å². The van der Waals surface area contributed by atoms with Crippen molar-refractivity contribution in [3.63, 3.8) is 0 Å². The second-order valence-corrected chi connectivity index (χ2v) is 14.1. The van der Waals surface area contributed by atoms with E-state index in [1.54, 1.807) is 0 Å². The molecule has 8 heteroatoms. The van der Waals surface area contributed by atoms with E-state index in [0.29, 0.717) is 31.2 Å². The molecule has 3 heterocycles. The molecule has 256 valence electrons. The Hall–Kier alpha value is -4.88. The monoisotopic (exact) mass is 685 g/mol. The maximum absolute atomic E-state index is 14.0. The Labute approximate surface area is 299 Å². The third-order valence-corrected chi connectivity index (χ3v) is 10.9. The van der Waals surface area contributed by atoms with Crippen LogP contribution >= 0.6 is 11.6 Å². The molecule has 3 aromatic heterocycles. The highest BCUT2D eigenvalue weighted by Gasteiger charge is 2.23. The minimum Gasteiger partial charge on any atom is -0.494 e. The number of nitrogens with one attached hydrogen (secondary N) is 2. The van der Waals surface area contributed by atoms with Gasteiger partial charge in [-0.15, -0.1) is 0 Å². The molecule has 1 unspecified atom stereocenters. The van der Waals surface area contributed by atoms with Crippen LogP contribution in [-0.2, 0) is 32.9 Å². The van der Waals surface area contributed by atoms with Gasteiger partial charge in [0.15, 0.2) is 0 Å². The number of carbonyl (C=O) groups is 1. The summed E-state index contributed by atoms with van der Waals surface area (Å²) in [5.41, 5.74) is 13.6. The number of H-pyrrole nitrogens is 1. The highest BCUT2D eigenvalue weighted by Crippen LogP contribution is 2.36. The quantitative estimate of drug-likeness (QED) is 0.141. The lowest BCUT2D eigenvalue weighted by Gasteiger charge is -2.24. The third-order valence-electron chi connectivity index (χ3n) is 10.3. The second kappa shape index (κ2) is 14.2. The number of fused-ring (bicyclic) bond motifs is 2. The Bertz CT molecular complexity index is 2170. The second-order valence-electron chi connectivity index (χ2n) is 13.7. The Kier molecular flexibility index (Phi) is 9.52. The number of aryl methyl sites for hydroxylation is 6. The van der Waals surface area contributed by atoms with E-state index in [1.807, 2.05) is 50.8 Å². The van der Waals surface area contributed by atoms with Gasteiger partial charge in [-0.3, -0.25) is 14.5 Å². The number of aromatic nitrogens is 4. The average molecular weight is 686 g/mol. The van der Waals surface area contributed by atoms with Crippen LogP contribution in [0.5, 0.6) is 5.75 Å². The first kappa shape index (κ1) is 33.6. The number of carbonyl (C=O) groups excluding carboxylic acids is 1. The molecule has 2 N–H and O–H groups in total. The molecule has 0 fully saturated rings. The number of halogens is 1. The van der Waals surface area contributed by atoms with Gasteiger partial charge in [0.25, 0.3) is 5.91 Å². The maximum atomic E-state index is 14.0. The predicted molar refractivity (Wildman–Crippen MR) is 201 cm³/mol. The van der Waals surface area contributed by atoms with Crippen LogP contribution in [-0.4, -0.2) is 32.3 Å². The highest BCUT2D eigenvalue weighted by molar-refractivity contribution is 6.32. The molecule has 0 saturated carbocycles. The van der Waals surface area contributed by atoms with Crippen molar-refractivity contribution in [3.8, 4) is 16.9 Å². The largest absolute Gasteiger partial charge is 0.494 e. The van der Waals surface area contributed by atoms with Crippen molar-refractivity contribution in [3.05, 3.63) is 134 Å². The van der Waals surface area contributed by atoms with E-state index >= 15 is 0 Å². The Balaban J connectivity index is 1.11. The summed E-state index contributed by atoms with van der Waals surface area (Å²) in [6.45, 7) is 8.99. The molecular formula is C42H44ClN5O2. The molecular weight excluding hydrogens is 642 g/mol. The SMILES string of the molecule is Cc1cc(OCCCc2c(C(=O)NCc3ccc(C4CCc5ccccc5C4)nc3)[nH]c3c(-c4c(C)nn(C)c4C)cccc23)cc(C)c1Cl. The number of amides is 1. The van der Waals surface area contributed by atoms with Crippen LogP contribution < -0.4 is 10.1 Å². The summed E-state index contributed by atoms with van der Waals surface area (Å²) >= 11 is 6.37. The fourth-order valence-electron chi connectivity index (χ4n) is 7.53. The first-order valence-electron chi connectivity index (χ1n) is 17.5. The number of rotatable bonds is 10. The van der Waals surface area contributed by atoms with Gasteiger partial charge in [-0.2, -0.15) is 5.10 Å². The smallest absolute Gasteiger partial charge is 0.268 e. The molecule has 6 aromatic rings. The number of benzene rings is 3. The van der Waals surface area contributed by atoms with Crippen molar-refractivity contribution in [2.45, 2.75) is 72.3 Å². The molecule has 3 aromatic carbocycles. The summed E-state index contributed by atoms with van der Waals surface area (Å²) in [7, 11) is 1.96. The van der Waals surface area contributed by atoms with Gasteiger partial charge in [0.2, 0.25) is 0 Å². The molecule has 1 aliphatic carbocycles. The zero-order valence-corrected chi connectivity index (χ0v) is 30.2. The van der Waals surface area contributed by atoms with Gasteiger partial charge >= 0.3 is 0 Å². The highest BCUT2D eigenvalue weighted by atomic mass is 35.5. The van der Waals surface area contributed by atoms with Crippen LogP contribution in [0, 0.1) is 27.7 Å². The molecule has 1 atom stereocenters. The van der Waals surface area contributed by atoms with E-state index in [2.05, 4.69) is 76.9 Å². The van der Waals surface area contributed by atoms with Crippen LogP contribution in [0.4, 0.5) is 0 Å². The fraction of sp³-hybridized carbons (Fsp3) is 0.310. The van der Waals surface area contributed by atoms with Crippen LogP contribution in [0.1, 0.15) is 79.7 Å². The van der Waals surface area contributed by atoms with Gasteiger partial charge in [0.1, 0.15) is 11.4 Å². The number of hydrogen-bond acceptors (Lipinski definition) is 4. The number of aromatic amines is 1. The Morgan fingerprint density at radius 2 is 1.80 bits per heavy atom. The summed E-state index contributed by atoms with van der Waals surface area (Å²) in [4.78, 5) is 22.4. The van der Waals surface area contributed by atoms with E-state index in [4.69, 9.17) is 21.3 Å². The zero-order chi connectivity index (χ0) is 34.9. The average Bonchev–Trinajstić information content (AvgIpc) is 3.62. The summed E-state index contributed by atoms with van der Waals surface area (Å²) in [5.74, 6) is 1.08. The van der Waals surface area contributed by atoms with Crippen molar-refractivity contribution >= 4 is 28.4 Å². The Morgan fingerprint density at radius 1 is 1.02 bits per heavy atom. The third kappa shape index (κ3) is 6.67. The number of pyridine rings is 1. The number of ether oxygens (including phenoxy) is 1. The van der Waals surface area contributed by atoms with Crippen molar-refractivity contribution in [1.29, 1.82) is 0 Å². The maximum Gasteiger partial charge on any atom is 0.268 e. The molecule has 50 heavy (non-hydrogen) atoms. The molecule has 1 aliphatic rings. The van der Waals surface area contributed by atoms with E-state index in [0.717, 1.165) is 97.8 Å². The molecule has 0 radical (unpaired) electrons. The lowest BCUT2D eigenvalue weighted by atomic mass is 9.82. The normalized spacial score (nSPS) is 14.2. The number of hydrogen-bond donors (Lipinski definition) is 2. The fourth-order valence-corrected chi connectivity index (χ4v) is 7.64. The molecule has 7 rings (SSSR count). The summed E-state index contributed by atoms with van der Waals surface area (Å²) in [6.07, 6.45) is 6.52. The van der Waals surface area contributed by atoms with Crippen molar-refractivity contribution in [2.24, 2.45) is 7.05 Å². The van der Waals surface area contributed by atoms with Crippen molar-refractivity contribution < 1.29 is 9.53 Å². The summed E-state index contributed by atoms with van der Waals surface area (Å²) in [6, 6.07) is 23.2.